The monoisotopic (exact) mass is 339 g/mol. The van der Waals surface area contributed by atoms with Crippen LogP contribution in [0.3, 0.4) is 0 Å². The number of carbonyl (C=O) groups is 1. The number of aromatic amines is 1. The third-order valence-corrected chi connectivity index (χ3v) is 4.15. The van der Waals surface area contributed by atoms with Crippen LogP contribution >= 0.6 is 0 Å². The van der Waals surface area contributed by atoms with Crippen LogP contribution in [-0.4, -0.2) is 27.5 Å². The van der Waals surface area contributed by atoms with Crippen molar-refractivity contribution in [3.63, 3.8) is 0 Å². The number of H-pyrrole nitrogens is 1. The minimum absolute atomic E-state index is 0.107. The lowest BCUT2D eigenvalue weighted by Crippen LogP contribution is -2.10. The normalized spacial score (nSPS) is 10.8. The molecule has 3 rings (SSSR count). The smallest absolute Gasteiger partial charge is 0.338 e. The van der Waals surface area contributed by atoms with Crippen molar-refractivity contribution < 1.29 is 14.8 Å². The number of aromatic nitrogens is 1. The van der Waals surface area contributed by atoms with Gasteiger partial charge in [-0.1, -0.05) is 12.1 Å². The van der Waals surface area contributed by atoms with Crippen molar-refractivity contribution in [1.29, 1.82) is 0 Å². The molecule has 0 bridgehead atoms. The Balaban J connectivity index is 1.77. The van der Waals surface area contributed by atoms with Gasteiger partial charge in [0.15, 0.2) is 0 Å². The third kappa shape index (κ3) is 3.30. The number of hydrogen-bond donors (Lipinski definition) is 3. The van der Waals surface area contributed by atoms with Crippen molar-refractivity contribution in [2.75, 3.05) is 11.9 Å². The van der Waals surface area contributed by atoms with Crippen LogP contribution in [0.5, 0.6) is 0 Å². The Hall–Kier alpha value is -3.35. The Morgan fingerprint density at radius 3 is 2.84 bits per heavy atom. The van der Waals surface area contributed by atoms with Gasteiger partial charge in [0.25, 0.3) is 5.69 Å². The summed E-state index contributed by atoms with van der Waals surface area (Å²) in [4.78, 5) is 24.8. The lowest BCUT2D eigenvalue weighted by atomic mass is 10.1. The topological polar surface area (TPSA) is 108 Å². The summed E-state index contributed by atoms with van der Waals surface area (Å²) in [5.74, 6) is -1.20. The second kappa shape index (κ2) is 6.64. The molecule has 0 aliphatic carbocycles. The van der Waals surface area contributed by atoms with Crippen molar-refractivity contribution in [1.82, 2.24) is 4.98 Å². The molecule has 2 aromatic carbocycles. The molecule has 0 aliphatic heterocycles. The number of hydrogen-bond acceptors (Lipinski definition) is 4. The summed E-state index contributed by atoms with van der Waals surface area (Å²) in [6.07, 6.45) is 2.65. The summed E-state index contributed by atoms with van der Waals surface area (Å²) >= 11 is 0. The first kappa shape index (κ1) is 16.5. The van der Waals surface area contributed by atoms with E-state index < -0.39 is 10.9 Å². The molecule has 0 atom stereocenters. The van der Waals surface area contributed by atoms with Crippen LogP contribution in [0.4, 0.5) is 11.4 Å². The second-order valence-corrected chi connectivity index (χ2v) is 5.78. The number of benzene rings is 2. The number of carboxylic acid groups (broad SMARTS) is 1. The minimum atomic E-state index is -1.20. The number of nitro benzene ring substituents is 1. The van der Waals surface area contributed by atoms with Gasteiger partial charge in [0, 0.05) is 41.5 Å². The van der Waals surface area contributed by atoms with Gasteiger partial charge in [0.1, 0.15) is 0 Å². The maximum atomic E-state index is 11.3. The molecule has 1 heterocycles. The predicted octanol–water partition coefficient (Wildman–Crippen LogP) is 3.74. The Morgan fingerprint density at radius 1 is 1.32 bits per heavy atom. The van der Waals surface area contributed by atoms with Crippen molar-refractivity contribution in [2.24, 2.45) is 0 Å². The Labute approximate surface area is 143 Å². The van der Waals surface area contributed by atoms with Crippen LogP contribution in [-0.2, 0) is 6.42 Å². The van der Waals surface area contributed by atoms with Gasteiger partial charge in [0.2, 0.25) is 0 Å². The summed E-state index contributed by atoms with van der Waals surface area (Å²) < 4.78 is 0. The van der Waals surface area contributed by atoms with E-state index >= 15 is 0 Å². The van der Waals surface area contributed by atoms with Crippen LogP contribution < -0.4 is 5.32 Å². The minimum Gasteiger partial charge on any atom is -0.478 e. The van der Waals surface area contributed by atoms with Crippen molar-refractivity contribution >= 4 is 28.2 Å². The van der Waals surface area contributed by atoms with E-state index in [2.05, 4.69) is 10.3 Å². The third-order valence-electron chi connectivity index (χ3n) is 4.15. The zero-order valence-corrected chi connectivity index (χ0v) is 13.6. The molecular weight excluding hydrogens is 322 g/mol. The fraction of sp³-hybridized carbons (Fsp3) is 0.167. The van der Waals surface area contributed by atoms with Gasteiger partial charge >= 0.3 is 5.97 Å². The number of aromatic carboxylic acids is 1. The molecule has 0 radical (unpaired) electrons. The average Bonchev–Trinajstić information content (AvgIpc) is 2.99. The van der Waals surface area contributed by atoms with E-state index in [-0.39, 0.29) is 11.3 Å². The first-order chi connectivity index (χ1) is 12.0. The predicted molar refractivity (Wildman–Crippen MR) is 95.3 cm³/mol. The Morgan fingerprint density at radius 2 is 2.12 bits per heavy atom. The largest absolute Gasteiger partial charge is 0.478 e. The van der Waals surface area contributed by atoms with Crippen molar-refractivity contribution in [3.05, 3.63) is 69.4 Å². The molecule has 0 amide bonds. The molecule has 0 saturated heterocycles. The van der Waals surface area contributed by atoms with Crippen molar-refractivity contribution in [3.8, 4) is 0 Å². The molecule has 7 nitrogen and oxygen atoms in total. The highest BCUT2D eigenvalue weighted by atomic mass is 16.6. The van der Waals surface area contributed by atoms with E-state index in [1.54, 1.807) is 0 Å². The molecule has 0 fully saturated rings. The van der Waals surface area contributed by atoms with Gasteiger partial charge in [-0.3, -0.25) is 10.1 Å². The molecule has 7 heteroatoms. The molecular formula is C18H17N3O4. The number of aryl methyl sites for hydroxylation is 1. The standard InChI is InChI=1S/C18H17N3O4/c1-11-3-2-4-16-17(11)12(10-20-16)7-8-19-15-6-5-13(21(24)25)9-14(15)18(22)23/h2-6,9-10,19-20H,7-8H2,1H3,(H,22,23). The number of carboxylic acids is 1. The molecule has 3 aromatic rings. The molecule has 0 saturated carbocycles. The second-order valence-electron chi connectivity index (χ2n) is 5.78. The van der Waals surface area contributed by atoms with E-state index in [0.717, 1.165) is 17.1 Å². The number of nitrogens with one attached hydrogen (secondary N) is 2. The van der Waals surface area contributed by atoms with Crippen LogP contribution in [0, 0.1) is 17.0 Å². The molecule has 0 unspecified atom stereocenters. The number of rotatable bonds is 6. The van der Waals surface area contributed by atoms with Crippen LogP contribution in [0.1, 0.15) is 21.5 Å². The zero-order valence-electron chi connectivity index (χ0n) is 13.6. The summed E-state index contributed by atoms with van der Waals surface area (Å²) in [6.45, 7) is 2.56. The fourth-order valence-corrected chi connectivity index (χ4v) is 2.96. The van der Waals surface area contributed by atoms with Gasteiger partial charge in [-0.25, -0.2) is 4.79 Å². The first-order valence-electron chi connectivity index (χ1n) is 7.78. The van der Waals surface area contributed by atoms with E-state index in [9.17, 15) is 20.0 Å². The highest BCUT2D eigenvalue weighted by Crippen LogP contribution is 2.24. The van der Waals surface area contributed by atoms with E-state index in [1.807, 2.05) is 31.3 Å². The summed E-state index contributed by atoms with van der Waals surface area (Å²) in [7, 11) is 0. The molecule has 0 spiro atoms. The molecule has 128 valence electrons. The lowest BCUT2D eigenvalue weighted by Gasteiger charge is -2.09. The number of nitro groups is 1. The summed E-state index contributed by atoms with van der Waals surface area (Å²) in [6, 6.07) is 9.85. The van der Waals surface area contributed by atoms with Crippen molar-refractivity contribution in [2.45, 2.75) is 13.3 Å². The van der Waals surface area contributed by atoms with Gasteiger partial charge in [-0.15, -0.1) is 0 Å². The highest BCUT2D eigenvalue weighted by Gasteiger charge is 2.16. The van der Waals surface area contributed by atoms with Gasteiger partial charge in [-0.2, -0.15) is 0 Å². The van der Waals surface area contributed by atoms with Crippen LogP contribution in [0.2, 0.25) is 0 Å². The van der Waals surface area contributed by atoms with Gasteiger partial charge in [-0.05, 0) is 36.6 Å². The summed E-state index contributed by atoms with van der Waals surface area (Å²) in [5, 5.41) is 24.3. The fourth-order valence-electron chi connectivity index (χ4n) is 2.96. The van der Waals surface area contributed by atoms with E-state index in [0.29, 0.717) is 18.7 Å². The maximum Gasteiger partial charge on any atom is 0.338 e. The van der Waals surface area contributed by atoms with Crippen LogP contribution in [0.25, 0.3) is 10.9 Å². The molecule has 1 aromatic heterocycles. The lowest BCUT2D eigenvalue weighted by molar-refractivity contribution is -0.384. The zero-order chi connectivity index (χ0) is 18.0. The highest BCUT2D eigenvalue weighted by molar-refractivity contribution is 5.95. The molecule has 25 heavy (non-hydrogen) atoms. The maximum absolute atomic E-state index is 11.3. The van der Waals surface area contributed by atoms with E-state index in [4.69, 9.17) is 0 Å². The van der Waals surface area contributed by atoms with Crippen LogP contribution in [0.15, 0.2) is 42.6 Å². The first-order valence-corrected chi connectivity index (χ1v) is 7.78. The number of anilines is 1. The molecule has 0 aliphatic rings. The Kier molecular flexibility index (Phi) is 4.38. The summed E-state index contributed by atoms with van der Waals surface area (Å²) in [5.41, 5.74) is 3.40. The molecule has 3 N–H and O–H groups in total. The quantitative estimate of drug-likeness (QED) is 0.468. The van der Waals surface area contributed by atoms with Gasteiger partial charge < -0.3 is 15.4 Å². The number of non-ortho nitro benzene ring substituents is 1. The number of fused-ring (bicyclic) bond motifs is 1. The van der Waals surface area contributed by atoms with E-state index in [1.165, 1.54) is 23.1 Å². The number of nitrogens with zero attached hydrogens (tertiary/aromatic N) is 1. The van der Waals surface area contributed by atoms with Gasteiger partial charge in [0.05, 0.1) is 10.5 Å². The average molecular weight is 339 g/mol. The Bertz CT molecular complexity index is 962. The SMILES string of the molecule is Cc1cccc2[nH]cc(CCNc3ccc([N+](=O)[O-])cc3C(=O)O)c12.